The second-order valence-corrected chi connectivity index (χ2v) is 13.8. The van der Waals surface area contributed by atoms with Crippen LogP contribution >= 0.6 is 11.1 Å². The van der Waals surface area contributed by atoms with Gasteiger partial charge in [-0.1, -0.05) is 14.9 Å². The maximum absolute atomic E-state index is 6.16. The summed E-state index contributed by atoms with van der Waals surface area (Å²) in [5, 5.41) is 0. The van der Waals surface area contributed by atoms with Crippen molar-refractivity contribution in [3.63, 3.8) is 0 Å². The van der Waals surface area contributed by atoms with Gasteiger partial charge in [0.2, 0.25) is 0 Å². The van der Waals surface area contributed by atoms with Crippen LogP contribution in [0.2, 0.25) is 25.3 Å². The van der Waals surface area contributed by atoms with Crippen LogP contribution in [0.25, 0.3) is 0 Å². The Balaban J connectivity index is -0.000000500. The molecule has 0 aliphatic rings. The second kappa shape index (κ2) is 7.00. The molecule has 0 fully saturated rings. The molecule has 0 saturated heterocycles. The molecule has 84 valence electrons. The molecule has 0 aliphatic heterocycles. The van der Waals surface area contributed by atoms with Gasteiger partial charge in [-0.25, -0.2) is 0 Å². The van der Waals surface area contributed by atoms with E-state index in [2.05, 4.69) is 13.1 Å². The molecule has 0 bridgehead atoms. The third kappa shape index (κ3) is 8.96. The first-order chi connectivity index (χ1) is 4.83. The summed E-state index contributed by atoms with van der Waals surface area (Å²) in [5.41, 5.74) is 0.939. The molecule has 0 heterocycles. The highest BCUT2D eigenvalue weighted by atomic mass is 35.6. The molecule has 0 radical (unpaired) electrons. The highest BCUT2D eigenvalue weighted by Crippen LogP contribution is 2.23. The first kappa shape index (κ1) is 19.3. The fourth-order valence-electron chi connectivity index (χ4n) is 0.905. The minimum Gasteiger partial charge on any atom is -0.421 e. The molecule has 13 heavy (non-hydrogen) atoms. The molecule has 1 unspecified atom stereocenters. The largest absolute Gasteiger partial charge is 0.421 e. The van der Waals surface area contributed by atoms with Crippen LogP contribution in [0.15, 0.2) is 0 Å². The van der Waals surface area contributed by atoms with Gasteiger partial charge < -0.3 is 8.85 Å². The zero-order valence-electron chi connectivity index (χ0n) is 7.90. The lowest BCUT2D eigenvalue weighted by Gasteiger charge is -2.26. The molecule has 0 aromatic carbocycles. The third-order valence-corrected chi connectivity index (χ3v) is 11.3. The van der Waals surface area contributed by atoms with Gasteiger partial charge >= 0.3 is 0 Å². The molecule has 1 atom stereocenters. The molecule has 5 heteroatoms. The smallest absolute Gasteiger partial charge is 0.286 e. The molecule has 0 saturated carbocycles. The molecule has 0 rings (SSSR count). The quantitative estimate of drug-likeness (QED) is 0.556. The topological polar surface area (TPSA) is 18.5 Å². The minimum atomic E-state index is -1.92. The lowest BCUT2D eigenvalue weighted by Crippen LogP contribution is -2.41. The van der Waals surface area contributed by atoms with E-state index in [0.29, 0.717) is 0 Å². The van der Waals surface area contributed by atoms with Crippen LogP contribution in [0.3, 0.4) is 0 Å². The van der Waals surface area contributed by atoms with E-state index in [4.69, 9.17) is 19.9 Å². The Kier molecular flexibility index (Phi) is 10.4. The Morgan fingerprint density at radius 3 is 1.62 bits per heavy atom. The van der Waals surface area contributed by atoms with E-state index in [9.17, 15) is 0 Å². The zero-order valence-corrected chi connectivity index (χ0v) is 10.7. The maximum Gasteiger partial charge on any atom is 0.286 e. The van der Waals surface area contributed by atoms with Gasteiger partial charge in [0.05, 0.1) is 0 Å². The van der Waals surface area contributed by atoms with Gasteiger partial charge in [0.15, 0.2) is 8.32 Å². The van der Waals surface area contributed by atoms with E-state index in [1.54, 1.807) is 14.2 Å². The Labute approximate surface area is 90.5 Å². The van der Waals surface area contributed by atoms with Gasteiger partial charge in [-0.2, -0.15) is 0 Å². The summed E-state index contributed by atoms with van der Waals surface area (Å²) in [6.07, 6.45) is 0. The van der Waals surface area contributed by atoms with Crippen LogP contribution < -0.4 is 0 Å². The fraction of sp³-hybridized carbons (Fsp3) is 1.00. The van der Waals surface area contributed by atoms with E-state index in [1.807, 2.05) is 6.55 Å². The Hall–Kier alpha value is 0.644. The lowest BCUT2D eigenvalue weighted by atomic mass is 11.8. The van der Waals surface area contributed by atoms with E-state index >= 15 is 0 Å². The number of hydrogen-bond donors (Lipinski definition) is 0. The van der Waals surface area contributed by atoms with Gasteiger partial charge in [-0.15, -0.1) is 11.1 Å². The maximum atomic E-state index is 6.16. The van der Waals surface area contributed by atoms with Crippen molar-refractivity contribution in [1.29, 1.82) is 0 Å². The SMILES string of the molecule is C.C.CO[Si](C)(C)C[Si](C)(Cl)OC. The molecule has 0 N–H and O–H groups in total. The summed E-state index contributed by atoms with van der Waals surface area (Å²) >= 11 is 6.16. The molecular weight excluding hydrogens is 220 g/mol. The molecule has 0 aromatic rings. The van der Waals surface area contributed by atoms with E-state index in [0.717, 1.165) is 5.67 Å². The summed E-state index contributed by atoms with van der Waals surface area (Å²) in [6.45, 7) is 6.31. The highest BCUT2D eigenvalue weighted by Gasteiger charge is 2.35. The van der Waals surface area contributed by atoms with Crippen LogP contribution in [-0.2, 0) is 8.85 Å². The fourth-order valence-corrected chi connectivity index (χ4v) is 11.0. The van der Waals surface area contributed by atoms with E-state index in [1.165, 1.54) is 0 Å². The first-order valence-electron chi connectivity index (χ1n) is 3.62. The van der Waals surface area contributed by atoms with E-state index in [-0.39, 0.29) is 14.9 Å². The van der Waals surface area contributed by atoms with Gasteiger partial charge in [-0.3, -0.25) is 0 Å². The second-order valence-electron chi connectivity index (χ2n) is 3.45. The predicted molar refractivity (Wildman–Crippen MR) is 67.2 cm³/mol. The summed E-state index contributed by atoms with van der Waals surface area (Å²) in [4.78, 5) is 0. The van der Waals surface area contributed by atoms with Gasteiger partial charge in [-0.05, 0) is 25.3 Å². The first-order valence-corrected chi connectivity index (χ1v) is 10.4. The van der Waals surface area contributed by atoms with Crippen molar-refractivity contribution in [2.24, 2.45) is 0 Å². The monoisotopic (exact) mass is 244 g/mol. The van der Waals surface area contributed by atoms with E-state index < -0.39 is 15.9 Å². The summed E-state index contributed by atoms with van der Waals surface area (Å²) in [5.74, 6) is 0. The van der Waals surface area contributed by atoms with Crippen LogP contribution in [0.4, 0.5) is 0 Å². The molecule has 0 aromatic heterocycles. The number of halogens is 1. The van der Waals surface area contributed by atoms with Crippen LogP contribution in [0.5, 0.6) is 0 Å². The molecule has 0 spiro atoms. The highest BCUT2D eigenvalue weighted by molar-refractivity contribution is 7.20. The molecular formula is C8H25ClO2Si2. The number of hydrogen-bond acceptors (Lipinski definition) is 2. The van der Waals surface area contributed by atoms with Crippen LogP contribution in [0, 0.1) is 0 Å². The summed E-state index contributed by atoms with van der Waals surface area (Å²) in [7, 11) is -0.0204. The van der Waals surface area contributed by atoms with Crippen molar-refractivity contribution in [3.8, 4) is 0 Å². The van der Waals surface area contributed by atoms with Crippen molar-refractivity contribution in [2.45, 2.75) is 40.2 Å². The van der Waals surface area contributed by atoms with Crippen molar-refractivity contribution in [2.75, 3.05) is 14.2 Å². The van der Waals surface area contributed by atoms with Crippen LogP contribution in [-0.4, -0.2) is 30.2 Å². The van der Waals surface area contributed by atoms with Gasteiger partial charge in [0, 0.05) is 14.2 Å². The lowest BCUT2D eigenvalue weighted by molar-refractivity contribution is 0.394. The Morgan fingerprint density at radius 2 is 1.38 bits per heavy atom. The van der Waals surface area contributed by atoms with Crippen molar-refractivity contribution in [3.05, 3.63) is 0 Å². The van der Waals surface area contributed by atoms with Crippen LogP contribution in [0.1, 0.15) is 14.9 Å². The Morgan fingerprint density at radius 1 is 1.00 bits per heavy atom. The average molecular weight is 245 g/mol. The predicted octanol–water partition coefficient (Wildman–Crippen LogP) is 3.61. The van der Waals surface area contributed by atoms with Crippen molar-refractivity contribution < 1.29 is 8.85 Å². The molecule has 2 nitrogen and oxygen atoms in total. The zero-order chi connectivity index (χ0) is 9.12. The summed E-state index contributed by atoms with van der Waals surface area (Å²) in [6, 6.07) is 0. The number of rotatable bonds is 4. The van der Waals surface area contributed by atoms with Gasteiger partial charge in [0.1, 0.15) is 0 Å². The normalized spacial score (nSPS) is 15.2. The van der Waals surface area contributed by atoms with Crippen molar-refractivity contribution in [1.82, 2.24) is 0 Å². The standard InChI is InChI=1S/C6H17ClO2Si2.2CH4/c1-8-10(3,4)6-11(5,7)9-2;;/h6H2,1-5H3;2*1H4. The van der Waals surface area contributed by atoms with Gasteiger partial charge in [0.25, 0.3) is 7.63 Å². The molecule has 0 amide bonds. The third-order valence-electron chi connectivity index (χ3n) is 1.72. The Bertz CT molecular complexity index is 115. The average Bonchev–Trinajstić information content (AvgIpc) is 1.86. The minimum absolute atomic E-state index is 0. The molecule has 0 aliphatic carbocycles. The summed E-state index contributed by atoms with van der Waals surface area (Å²) < 4.78 is 10.6. The van der Waals surface area contributed by atoms with Crippen molar-refractivity contribution >= 4 is 27.0 Å².